The number of hydrogen-bond donors (Lipinski definition) is 1. The third-order valence-electron chi connectivity index (χ3n) is 3.12. The molecule has 2 saturated heterocycles. The molecule has 0 saturated carbocycles. The summed E-state index contributed by atoms with van der Waals surface area (Å²) in [5.41, 5.74) is 0.200. The van der Waals surface area contributed by atoms with Crippen LogP contribution in [0.2, 0.25) is 0 Å². The predicted octanol–water partition coefficient (Wildman–Crippen LogP) is 0.739. The van der Waals surface area contributed by atoms with Gasteiger partial charge in [-0.3, -0.25) is 0 Å². The van der Waals surface area contributed by atoms with Crippen LogP contribution < -0.4 is 5.32 Å². The van der Waals surface area contributed by atoms with Gasteiger partial charge < -0.3 is 5.32 Å². The number of nitrogens with one attached hydrogen (secondary N) is 1. The van der Waals surface area contributed by atoms with E-state index in [0.717, 1.165) is 19.4 Å². The number of hydrogen-bond acceptors (Lipinski definition) is 3. The molecule has 3 nitrogen and oxygen atoms in total. The zero-order valence-corrected chi connectivity index (χ0v) is 9.22. The Hall–Kier alpha value is 0.200. The van der Waals surface area contributed by atoms with Gasteiger partial charge in [0.1, 0.15) is 9.84 Å². The molecule has 2 rings (SSSR count). The lowest BCUT2D eigenvalue weighted by Crippen LogP contribution is -2.46. The Morgan fingerprint density at radius 3 is 2.15 bits per heavy atom. The van der Waals surface area contributed by atoms with Crippen molar-refractivity contribution in [3.8, 4) is 0 Å². The minimum atomic E-state index is -2.69. The van der Waals surface area contributed by atoms with Gasteiger partial charge in [-0.1, -0.05) is 0 Å². The lowest BCUT2D eigenvalue weighted by Gasteiger charge is -2.33. The summed E-state index contributed by atoms with van der Waals surface area (Å²) in [5.74, 6) is 0.778. The molecule has 0 amide bonds. The highest BCUT2D eigenvalue weighted by atomic mass is 35.5. The summed E-state index contributed by atoms with van der Waals surface area (Å²) in [4.78, 5) is 0. The zero-order valence-electron chi connectivity index (χ0n) is 7.58. The average molecular weight is 226 g/mol. The minimum Gasteiger partial charge on any atom is -0.311 e. The van der Waals surface area contributed by atoms with E-state index in [2.05, 4.69) is 5.32 Å². The monoisotopic (exact) mass is 225 g/mol. The molecule has 0 unspecified atom stereocenters. The first kappa shape index (κ1) is 11.3. The van der Waals surface area contributed by atoms with Crippen molar-refractivity contribution in [2.45, 2.75) is 31.2 Å². The maximum absolute atomic E-state index is 11.2. The lowest BCUT2D eigenvalue weighted by atomic mass is 9.91. The molecule has 78 valence electrons. The van der Waals surface area contributed by atoms with Crippen LogP contribution in [-0.2, 0) is 9.84 Å². The van der Waals surface area contributed by atoms with E-state index in [1.54, 1.807) is 0 Å². The first-order chi connectivity index (χ1) is 5.62. The summed E-state index contributed by atoms with van der Waals surface area (Å²) < 4.78 is 22.3. The van der Waals surface area contributed by atoms with Gasteiger partial charge in [0, 0.05) is 5.54 Å². The van der Waals surface area contributed by atoms with Gasteiger partial charge in [-0.25, -0.2) is 8.42 Å². The van der Waals surface area contributed by atoms with Crippen molar-refractivity contribution in [2.24, 2.45) is 0 Å². The van der Waals surface area contributed by atoms with Crippen molar-refractivity contribution >= 4 is 22.2 Å². The summed E-state index contributed by atoms with van der Waals surface area (Å²) in [6, 6.07) is 0. The fourth-order valence-electron chi connectivity index (χ4n) is 2.22. The molecule has 0 bridgehead atoms. The Bertz CT molecular complexity index is 254. The van der Waals surface area contributed by atoms with Crippen LogP contribution in [0, 0.1) is 0 Å². The molecule has 1 N–H and O–H groups in total. The van der Waals surface area contributed by atoms with Gasteiger partial charge in [-0.05, 0) is 32.2 Å². The van der Waals surface area contributed by atoms with Crippen LogP contribution in [0.4, 0.5) is 0 Å². The zero-order chi connectivity index (χ0) is 8.66. The van der Waals surface area contributed by atoms with Crippen LogP contribution in [0.5, 0.6) is 0 Å². The molecule has 0 radical (unpaired) electrons. The van der Waals surface area contributed by atoms with Crippen molar-refractivity contribution < 1.29 is 8.42 Å². The van der Waals surface area contributed by atoms with Gasteiger partial charge in [0.15, 0.2) is 0 Å². The molecule has 0 atom stereocenters. The van der Waals surface area contributed by atoms with Crippen LogP contribution >= 0.6 is 12.4 Å². The van der Waals surface area contributed by atoms with Gasteiger partial charge in [0.05, 0.1) is 11.5 Å². The summed E-state index contributed by atoms with van der Waals surface area (Å²) >= 11 is 0. The molecule has 2 heterocycles. The van der Waals surface area contributed by atoms with E-state index in [1.165, 1.54) is 12.8 Å². The van der Waals surface area contributed by atoms with Crippen molar-refractivity contribution in [3.05, 3.63) is 0 Å². The van der Waals surface area contributed by atoms with E-state index in [1.807, 2.05) is 0 Å². The lowest BCUT2D eigenvalue weighted by molar-refractivity contribution is 0.339. The van der Waals surface area contributed by atoms with E-state index >= 15 is 0 Å². The second-order valence-corrected chi connectivity index (χ2v) is 6.27. The number of halogens is 1. The molecule has 2 aliphatic heterocycles. The maximum atomic E-state index is 11.2. The summed E-state index contributed by atoms with van der Waals surface area (Å²) in [6.07, 6.45) is 4.03. The fourth-order valence-corrected chi connectivity index (χ4v) is 3.83. The largest absolute Gasteiger partial charge is 0.311 e. The Morgan fingerprint density at radius 2 is 1.69 bits per heavy atom. The Kier molecular flexibility index (Phi) is 3.25. The summed E-state index contributed by atoms with van der Waals surface area (Å²) in [5, 5.41) is 3.45. The molecule has 0 aromatic rings. The highest BCUT2D eigenvalue weighted by Gasteiger charge is 2.38. The second kappa shape index (κ2) is 3.75. The van der Waals surface area contributed by atoms with Gasteiger partial charge in [0.25, 0.3) is 0 Å². The molecular formula is C8H16ClNO2S. The predicted molar refractivity (Wildman–Crippen MR) is 55.1 cm³/mol. The van der Waals surface area contributed by atoms with E-state index in [4.69, 9.17) is 0 Å². The molecule has 13 heavy (non-hydrogen) atoms. The van der Waals surface area contributed by atoms with Crippen LogP contribution in [0.1, 0.15) is 25.7 Å². The third kappa shape index (κ3) is 2.36. The fraction of sp³-hybridized carbons (Fsp3) is 1.00. The van der Waals surface area contributed by atoms with E-state index in [-0.39, 0.29) is 17.9 Å². The molecule has 5 heteroatoms. The normalized spacial score (nSPS) is 29.8. The van der Waals surface area contributed by atoms with E-state index in [0.29, 0.717) is 11.5 Å². The Labute approximate surface area is 85.6 Å². The summed E-state index contributed by atoms with van der Waals surface area (Å²) in [7, 11) is -2.69. The Morgan fingerprint density at radius 1 is 1.08 bits per heavy atom. The number of rotatable bonds is 0. The SMILES string of the molecule is Cl.O=S1(=O)CCC2(CCCN2)CC1. The van der Waals surface area contributed by atoms with Crippen molar-refractivity contribution in [1.82, 2.24) is 5.32 Å². The first-order valence-corrected chi connectivity index (χ1v) is 6.40. The second-order valence-electron chi connectivity index (χ2n) is 3.96. The highest BCUT2D eigenvalue weighted by molar-refractivity contribution is 7.91. The van der Waals surface area contributed by atoms with Crippen LogP contribution in [0.15, 0.2) is 0 Å². The average Bonchev–Trinajstić information content (AvgIpc) is 2.46. The minimum absolute atomic E-state index is 0. The van der Waals surface area contributed by atoms with E-state index in [9.17, 15) is 8.42 Å². The van der Waals surface area contributed by atoms with Crippen molar-refractivity contribution in [2.75, 3.05) is 18.1 Å². The molecule has 1 spiro atoms. The quantitative estimate of drug-likeness (QED) is 0.662. The molecule has 0 aliphatic carbocycles. The van der Waals surface area contributed by atoms with Crippen molar-refractivity contribution in [3.63, 3.8) is 0 Å². The Balaban J connectivity index is 0.000000845. The molecule has 0 aromatic heterocycles. The van der Waals surface area contributed by atoms with Gasteiger partial charge in [0.2, 0.25) is 0 Å². The van der Waals surface area contributed by atoms with Gasteiger partial charge in [-0.2, -0.15) is 0 Å². The smallest absolute Gasteiger partial charge is 0.150 e. The standard InChI is InChI=1S/C8H15NO2S.ClH/c10-12(11)6-3-8(4-7-12)2-1-5-9-8;/h9H,1-7H2;1H. The van der Waals surface area contributed by atoms with Crippen LogP contribution in [-0.4, -0.2) is 32.0 Å². The third-order valence-corrected chi connectivity index (χ3v) is 4.77. The highest BCUT2D eigenvalue weighted by Crippen LogP contribution is 2.31. The first-order valence-electron chi connectivity index (χ1n) is 4.57. The van der Waals surface area contributed by atoms with Crippen molar-refractivity contribution in [1.29, 1.82) is 0 Å². The van der Waals surface area contributed by atoms with E-state index < -0.39 is 9.84 Å². The topological polar surface area (TPSA) is 46.2 Å². The molecule has 2 fully saturated rings. The maximum Gasteiger partial charge on any atom is 0.150 e. The van der Waals surface area contributed by atoms with Crippen LogP contribution in [0.25, 0.3) is 0 Å². The summed E-state index contributed by atoms with van der Waals surface area (Å²) in [6.45, 7) is 1.07. The number of sulfone groups is 1. The van der Waals surface area contributed by atoms with Gasteiger partial charge >= 0.3 is 0 Å². The molecule has 2 aliphatic rings. The molecular weight excluding hydrogens is 210 g/mol. The van der Waals surface area contributed by atoms with Gasteiger partial charge in [-0.15, -0.1) is 12.4 Å². The molecule has 0 aromatic carbocycles. The van der Waals surface area contributed by atoms with Crippen LogP contribution in [0.3, 0.4) is 0 Å².